The highest BCUT2D eigenvalue weighted by molar-refractivity contribution is 6.32. The van der Waals surface area contributed by atoms with Crippen molar-refractivity contribution >= 4 is 34.8 Å². The maximum Gasteiger partial charge on any atom is 0.281 e. The van der Waals surface area contributed by atoms with Crippen molar-refractivity contribution in [2.24, 2.45) is 5.16 Å². The molecule has 2 aliphatic rings. The van der Waals surface area contributed by atoms with Gasteiger partial charge in [-0.3, -0.25) is 9.59 Å². The van der Waals surface area contributed by atoms with Crippen molar-refractivity contribution in [2.45, 2.75) is 18.4 Å². The summed E-state index contributed by atoms with van der Waals surface area (Å²) in [6.45, 7) is 0. The number of nitrogens with zero attached hydrogens (tertiary/aromatic N) is 2. The number of hydrogen-bond acceptors (Lipinski definition) is 5. The van der Waals surface area contributed by atoms with Gasteiger partial charge < -0.3 is 9.57 Å². The summed E-state index contributed by atoms with van der Waals surface area (Å²) >= 11 is 6.03. The number of hydrogen-bond donors (Lipinski definition) is 0. The Bertz CT molecular complexity index is 976. The Morgan fingerprint density at radius 3 is 2.63 bits per heavy atom. The third-order valence-corrected chi connectivity index (χ3v) is 4.86. The summed E-state index contributed by atoms with van der Waals surface area (Å²) in [7, 11) is 1.44. The van der Waals surface area contributed by atoms with Crippen LogP contribution < -0.4 is 9.64 Å². The molecule has 1 unspecified atom stereocenters. The molecule has 0 radical (unpaired) electrons. The van der Waals surface area contributed by atoms with Crippen molar-refractivity contribution in [1.82, 2.24) is 0 Å². The van der Waals surface area contributed by atoms with Crippen LogP contribution in [0.25, 0.3) is 0 Å². The second-order valence-electron chi connectivity index (χ2n) is 6.33. The van der Waals surface area contributed by atoms with E-state index in [9.17, 15) is 14.0 Å². The summed E-state index contributed by atoms with van der Waals surface area (Å²) < 4.78 is 18.4. The monoisotopic (exact) mass is 388 g/mol. The van der Waals surface area contributed by atoms with Gasteiger partial charge in [-0.2, -0.15) is 0 Å². The first-order chi connectivity index (χ1) is 12.9. The lowest BCUT2D eigenvalue weighted by Gasteiger charge is -2.21. The maximum absolute atomic E-state index is 13.1. The van der Waals surface area contributed by atoms with Gasteiger partial charge in [0.1, 0.15) is 11.6 Å². The molecule has 1 atom stereocenters. The molecule has 1 spiro atoms. The Kier molecular flexibility index (Phi) is 4.11. The fourth-order valence-corrected chi connectivity index (χ4v) is 3.45. The van der Waals surface area contributed by atoms with E-state index in [2.05, 4.69) is 5.16 Å². The van der Waals surface area contributed by atoms with E-state index < -0.39 is 17.4 Å². The molecule has 2 amide bonds. The highest BCUT2D eigenvalue weighted by Gasteiger charge is 2.58. The molecular weight excluding hydrogens is 375 g/mol. The standard InChI is InChI=1S/C19H14ClFN2O4/c1-26-16-7-4-12(20)8-15(16)23-17(24)10-19(18(23)25)9-14(22-27-19)11-2-5-13(21)6-3-11/h2-8H,9-10H2,1H3. The predicted molar refractivity (Wildman–Crippen MR) is 96.5 cm³/mol. The molecule has 2 aromatic carbocycles. The zero-order valence-electron chi connectivity index (χ0n) is 14.2. The number of halogens is 2. The number of anilines is 1. The first-order valence-corrected chi connectivity index (χ1v) is 8.53. The summed E-state index contributed by atoms with van der Waals surface area (Å²) in [6.07, 6.45) is -0.0434. The van der Waals surface area contributed by atoms with E-state index in [1.165, 1.54) is 25.3 Å². The number of rotatable bonds is 3. The van der Waals surface area contributed by atoms with Crippen LogP contribution in [0, 0.1) is 5.82 Å². The topological polar surface area (TPSA) is 68.2 Å². The van der Waals surface area contributed by atoms with E-state index in [0.29, 0.717) is 22.0 Å². The summed E-state index contributed by atoms with van der Waals surface area (Å²) in [5, 5.41) is 4.35. The fraction of sp³-hybridized carbons (Fsp3) is 0.211. The normalized spacial score (nSPS) is 21.6. The predicted octanol–water partition coefficient (Wildman–Crippen LogP) is 3.31. The first kappa shape index (κ1) is 17.5. The molecule has 27 heavy (non-hydrogen) atoms. The Balaban J connectivity index is 1.65. The molecule has 6 nitrogen and oxygen atoms in total. The van der Waals surface area contributed by atoms with Crippen molar-refractivity contribution in [3.8, 4) is 5.75 Å². The number of methoxy groups -OCH3 is 1. The molecule has 0 saturated carbocycles. The molecule has 2 aliphatic heterocycles. The van der Waals surface area contributed by atoms with Gasteiger partial charge in [0.15, 0.2) is 0 Å². The molecular formula is C19H14ClFN2O4. The van der Waals surface area contributed by atoms with E-state index in [4.69, 9.17) is 21.2 Å². The lowest BCUT2D eigenvalue weighted by Crippen LogP contribution is -2.41. The van der Waals surface area contributed by atoms with Gasteiger partial charge in [-0.15, -0.1) is 0 Å². The van der Waals surface area contributed by atoms with Gasteiger partial charge in [0.25, 0.3) is 5.91 Å². The van der Waals surface area contributed by atoms with Crippen LogP contribution in [0.3, 0.4) is 0 Å². The third-order valence-electron chi connectivity index (χ3n) is 4.62. The third kappa shape index (κ3) is 2.84. The zero-order chi connectivity index (χ0) is 19.2. The van der Waals surface area contributed by atoms with Gasteiger partial charge >= 0.3 is 0 Å². The molecule has 0 aromatic heterocycles. The van der Waals surface area contributed by atoms with Gasteiger partial charge in [-0.05, 0) is 35.9 Å². The molecule has 1 saturated heterocycles. The van der Waals surface area contributed by atoms with E-state index in [1.807, 2.05) is 0 Å². The molecule has 4 rings (SSSR count). The van der Waals surface area contributed by atoms with Gasteiger partial charge in [-0.1, -0.05) is 28.9 Å². The van der Waals surface area contributed by atoms with E-state index in [1.54, 1.807) is 24.3 Å². The Morgan fingerprint density at radius 2 is 1.93 bits per heavy atom. The molecule has 0 N–H and O–H groups in total. The van der Waals surface area contributed by atoms with Crippen LogP contribution in [0.5, 0.6) is 5.75 Å². The van der Waals surface area contributed by atoms with Gasteiger partial charge in [0.05, 0.1) is 24.9 Å². The molecule has 0 bridgehead atoms. The SMILES string of the molecule is COc1ccc(Cl)cc1N1C(=O)CC2(CC(c3ccc(F)cc3)=NO2)C1=O. The number of benzene rings is 2. The zero-order valence-corrected chi connectivity index (χ0v) is 15.0. The molecule has 2 heterocycles. The Labute approximate surface area is 159 Å². The van der Waals surface area contributed by atoms with Crippen molar-refractivity contribution < 1.29 is 23.6 Å². The van der Waals surface area contributed by atoms with Crippen LogP contribution in [0.15, 0.2) is 47.6 Å². The largest absolute Gasteiger partial charge is 0.495 e. The van der Waals surface area contributed by atoms with Gasteiger partial charge in [0, 0.05) is 11.4 Å². The molecule has 2 aromatic rings. The van der Waals surface area contributed by atoms with Crippen LogP contribution in [0.2, 0.25) is 5.02 Å². The fourth-order valence-electron chi connectivity index (χ4n) is 3.28. The van der Waals surface area contributed by atoms with Crippen LogP contribution in [-0.4, -0.2) is 30.2 Å². The van der Waals surface area contributed by atoms with E-state index >= 15 is 0 Å². The lowest BCUT2D eigenvalue weighted by atomic mass is 9.92. The molecule has 8 heteroatoms. The smallest absolute Gasteiger partial charge is 0.281 e. The number of oxime groups is 1. The number of carbonyl (C=O) groups excluding carboxylic acids is 2. The van der Waals surface area contributed by atoms with Crippen LogP contribution in [0.1, 0.15) is 18.4 Å². The summed E-state index contributed by atoms with van der Waals surface area (Å²) in [6, 6.07) is 10.4. The van der Waals surface area contributed by atoms with Gasteiger partial charge in [0.2, 0.25) is 11.5 Å². The minimum Gasteiger partial charge on any atom is -0.495 e. The molecule has 138 valence electrons. The average Bonchev–Trinajstić information content (AvgIpc) is 3.17. The summed E-state index contributed by atoms with van der Waals surface area (Å²) in [5.41, 5.74) is -0.0345. The second kappa shape index (κ2) is 6.35. The highest BCUT2D eigenvalue weighted by atomic mass is 35.5. The number of imide groups is 1. The number of carbonyl (C=O) groups is 2. The van der Waals surface area contributed by atoms with Crippen LogP contribution >= 0.6 is 11.6 Å². The van der Waals surface area contributed by atoms with Crippen molar-refractivity contribution in [2.75, 3.05) is 12.0 Å². The number of ether oxygens (including phenoxy) is 1. The quantitative estimate of drug-likeness (QED) is 0.756. The summed E-state index contributed by atoms with van der Waals surface area (Å²) in [5.74, 6) is -1.000. The van der Waals surface area contributed by atoms with Crippen molar-refractivity contribution in [1.29, 1.82) is 0 Å². The molecule has 0 aliphatic carbocycles. The first-order valence-electron chi connectivity index (χ1n) is 8.15. The maximum atomic E-state index is 13.1. The van der Waals surface area contributed by atoms with Crippen LogP contribution in [0.4, 0.5) is 10.1 Å². The molecule has 1 fully saturated rings. The average molecular weight is 389 g/mol. The number of amides is 2. The summed E-state index contributed by atoms with van der Waals surface area (Å²) in [4.78, 5) is 32.2. The Hall–Kier alpha value is -2.93. The minimum absolute atomic E-state index is 0.114. The Morgan fingerprint density at radius 1 is 1.19 bits per heavy atom. The van der Waals surface area contributed by atoms with E-state index in [-0.39, 0.29) is 24.3 Å². The van der Waals surface area contributed by atoms with Gasteiger partial charge in [-0.25, -0.2) is 9.29 Å². The minimum atomic E-state index is -1.41. The second-order valence-corrected chi connectivity index (χ2v) is 6.77. The van der Waals surface area contributed by atoms with Crippen molar-refractivity contribution in [3.05, 3.63) is 58.9 Å². The van der Waals surface area contributed by atoms with Crippen LogP contribution in [-0.2, 0) is 14.4 Å². The lowest BCUT2D eigenvalue weighted by molar-refractivity contribution is -0.136. The highest BCUT2D eigenvalue weighted by Crippen LogP contribution is 2.42. The van der Waals surface area contributed by atoms with E-state index in [0.717, 1.165) is 4.90 Å². The van der Waals surface area contributed by atoms with Crippen molar-refractivity contribution in [3.63, 3.8) is 0 Å².